The summed E-state index contributed by atoms with van der Waals surface area (Å²) in [6, 6.07) is 7.34. The minimum absolute atomic E-state index is 0.120. The van der Waals surface area contributed by atoms with Gasteiger partial charge in [0, 0.05) is 20.1 Å². The molecule has 1 aliphatic rings. The molecule has 0 spiro atoms. The van der Waals surface area contributed by atoms with Gasteiger partial charge in [0.2, 0.25) is 0 Å². The van der Waals surface area contributed by atoms with Gasteiger partial charge in [0.05, 0.1) is 18.9 Å². The summed E-state index contributed by atoms with van der Waals surface area (Å²) in [5.41, 5.74) is 0.796. The van der Waals surface area contributed by atoms with Crippen LogP contribution in [0.2, 0.25) is 0 Å². The lowest BCUT2D eigenvalue weighted by atomic mass is 9.84. The first kappa shape index (κ1) is 25.5. The fourth-order valence-corrected chi connectivity index (χ4v) is 4.57. The maximum absolute atomic E-state index is 12.7. The second-order valence-electron chi connectivity index (χ2n) is 9.05. The van der Waals surface area contributed by atoms with Crippen molar-refractivity contribution in [2.75, 3.05) is 24.6 Å². The Morgan fingerprint density at radius 3 is 2.56 bits per heavy atom. The zero-order valence-corrected chi connectivity index (χ0v) is 20.1. The van der Waals surface area contributed by atoms with Crippen LogP contribution in [0.5, 0.6) is 5.75 Å². The average Bonchev–Trinajstić information content (AvgIpc) is 3.53. The lowest BCUT2D eigenvalue weighted by molar-refractivity contribution is -0.137. The molecule has 0 aliphatic carbocycles. The number of nitrogens with zero attached hydrogens (tertiary/aromatic N) is 7. The zero-order chi connectivity index (χ0) is 25.7. The molecule has 3 heterocycles. The van der Waals surface area contributed by atoms with Crippen molar-refractivity contribution < 1.29 is 27.9 Å². The number of ether oxygens (including phenoxy) is 1. The molecule has 13 heteroatoms. The number of hydrogen-bond donors (Lipinski definition) is 1. The Bertz CT molecular complexity index is 1130. The van der Waals surface area contributed by atoms with Gasteiger partial charge in [0.1, 0.15) is 5.75 Å². The third-order valence-electron chi connectivity index (χ3n) is 6.71. The van der Waals surface area contributed by atoms with Gasteiger partial charge in [0.25, 0.3) is 11.8 Å². The fraction of sp³-hybridized carbons (Fsp3) is 0.565. The lowest BCUT2D eigenvalue weighted by Crippen LogP contribution is -2.36. The van der Waals surface area contributed by atoms with Crippen LogP contribution in [0.25, 0.3) is 0 Å². The number of alkyl halides is 2. The topological polar surface area (TPSA) is 132 Å². The normalized spacial score (nSPS) is 16.3. The largest absolute Gasteiger partial charge is 0.494 e. The van der Waals surface area contributed by atoms with E-state index in [0.717, 1.165) is 24.8 Å². The van der Waals surface area contributed by atoms with Gasteiger partial charge in [-0.2, -0.15) is 13.8 Å². The Balaban J connectivity index is 1.24. The van der Waals surface area contributed by atoms with Gasteiger partial charge in [-0.05, 0) is 64.4 Å². The quantitative estimate of drug-likeness (QED) is 0.413. The molecule has 0 amide bonds. The van der Waals surface area contributed by atoms with Crippen LogP contribution in [0.3, 0.4) is 0 Å². The Kier molecular flexibility index (Phi) is 8.06. The zero-order valence-electron chi connectivity index (χ0n) is 20.1. The highest BCUT2D eigenvalue weighted by atomic mass is 19.3. The SMILES string of the molecule is C[C@H](CCOc1ccc([C@H](CC(=O)O)c2nnnn2C)cc1)C1CCN(c2noc(C(F)F)n2)CC1. The predicted molar refractivity (Wildman–Crippen MR) is 123 cm³/mol. The number of benzene rings is 1. The summed E-state index contributed by atoms with van der Waals surface area (Å²) in [6.07, 6.45) is -0.185. The number of rotatable bonds is 11. The van der Waals surface area contributed by atoms with Crippen LogP contribution in [0.4, 0.5) is 14.7 Å². The van der Waals surface area contributed by atoms with Crippen molar-refractivity contribution in [2.45, 2.75) is 45.0 Å². The third kappa shape index (κ3) is 6.13. The number of anilines is 1. The second-order valence-corrected chi connectivity index (χ2v) is 9.05. The second kappa shape index (κ2) is 11.4. The molecule has 0 radical (unpaired) electrons. The van der Waals surface area contributed by atoms with Gasteiger partial charge in [-0.1, -0.05) is 19.1 Å². The third-order valence-corrected chi connectivity index (χ3v) is 6.71. The van der Waals surface area contributed by atoms with E-state index in [9.17, 15) is 18.7 Å². The average molecular weight is 506 g/mol. The molecule has 0 bridgehead atoms. The maximum Gasteiger partial charge on any atom is 0.316 e. The van der Waals surface area contributed by atoms with Crippen LogP contribution in [0.15, 0.2) is 28.8 Å². The Labute approximate surface area is 206 Å². The molecule has 1 aliphatic heterocycles. The number of aryl methyl sites for hydroxylation is 1. The minimum atomic E-state index is -2.76. The van der Waals surface area contributed by atoms with E-state index >= 15 is 0 Å². The van der Waals surface area contributed by atoms with Gasteiger partial charge in [-0.3, -0.25) is 4.79 Å². The molecular weight excluding hydrogens is 476 g/mol. The molecule has 1 saturated heterocycles. The first-order valence-corrected chi connectivity index (χ1v) is 11.8. The highest BCUT2D eigenvalue weighted by Gasteiger charge is 2.27. The lowest BCUT2D eigenvalue weighted by Gasteiger charge is -2.34. The molecule has 1 N–H and O–H groups in total. The summed E-state index contributed by atoms with van der Waals surface area (Å²) in [7, 11) is 1.68. The van der Waals surface area contributed by atoms with E-state index in [4.69, 9.17) is 4.74 Å². The molecule has 0 unspecified atom stereocenters. The van der Waals surface area contributed by atoms with Crippen LogP contribution in [0, 0.1) is 11.8 Å². The van der Waals surface area contributed by atoms with Crippen molar-refractivity contribution in [3.05, 3.63) is 41.5 Å². The van der Waals surface area contributed by atoms with Crippen LogP contribution >= 0.6 is 0 Å². The number of aliphatic carboxylic acids is 1. The van der Waals surface area contributed by atoms with Crippen molar-refractivity contribution in [2.24, 2.45) is 18.9 Å². The molecule has 0 saturated carbocycles. The van der Waals surface area contributed by atoms with Gasteiger partial charge in [0.15, 0.2) is 5.82 Å². The summed E-state index contributed by atoms with van der Waals surface area (Å²) >= 11 is 0. The van der Waals surface area contributed by atoms with Gasteiger partial charge in [-0.15, -0.1) is 5.10 Å². The van der Waals surface area contributed by atoms with E-state index in [-0.39, 0.29) is 12.4 Å². The highest BCUT2D eigenvalue weighted by Crippen LogP contribution is 2.30. The maximum atomic E-state index is 12.7. The summed E-state index contributed by atoms with van der Waals surface area (Å²) in [5.74, 6) is 0.299. The summed E-state index contributed by atoms with van der Waals surface area (Å²) in [6.45, 7) is 4.13. The molecule has 1 aromatic carbocycles. The molecule has 11 nitrogen and oxygen atoms in total. The van der Waals surface area contributed by atoms with E-state index in [1.165, 1.54) is 4.68 Å². The number of tetrazole rings is 1. The smallest absolute Gasteiger partial charge is 0.316 e. The summed E-state index contributed by atoms with van der Waals surface area (Å²) in [4.78, 5) is 17.0. The summed E-state index contributed by atoms with van der Waals surface area (Å²) in [5, 5.41) is 24.4. The molecule has 3 aromatic rings. The van der Waals surface area contributed by atoms with Gasteiger partial charge < -0.3 is 19.3 Å². The standard InChI is InChI=1S/C23H29F2N7O4/c1-14(15-7-10-32(11-8-15)23-26-22(20(24)25)36-28-23)9-12-35-17-5-3-16(4-6-17)18(13-19(33)34)21-27-29-30-31(21)2/h3-6,14-15,18,20H,7-13H2,1-2H3,(H,33,34)/t14-,18+/m1/s1. The van der Waals surface area contributed by atoms with Crippen molar-refractivity contribution in [3.63, 3.8) is 0 Å². The number of halogens is 2. The van der Waals surface area contributed by atoms with E-state index in [0.29, 0.717) is 43.1 Å². The predicted octanol–water partition coefficient (Wildman–Crippen LogP) is 3.46. The van der Waals surface area contributed by atoms with Crippen LogP contribution in [-0.4, -0.2) is 61.1 Å². The minimum Gasteiger partial charge on any atom is -0.494 e. The fourth-order valence-electron chi connectivity index (χ4n) is 4.57. The van der Waals surface area contributed by atoms with Crippen molar-refractivity contribution in [3.8, 4) is 5.75 Å². The number of carbonyl (C=O) groups is 1. The molecular formula is C23H29F2N7O4. The van der Waals surface area contributed by atoms with Crippen LogP contribution in [0.1, 0.15) is 62.2 Å². The number of hydrogen-bond acceptors (Lipinski definition) is 9. The molecule has 4 rings (SSSR count). The van der Waals surface area contributed by atoms with E-state index in [1.54, 1.807) is 7.05 Å². The number of carboxylic acids is 1. The van der Waals surface area contributed by atoms with Crippen LogP contribution in [-0.2, 0) is 11.8 Å². The Morgan fingerprint density at radius 1 is 1.25 bits per heavy atom. The van der Waals surface area contributed by atoms with Gasteiger partial charge in [-0.25, -0.2) is 4.68 Å². The Morgan fingerprint density at radius 2 is 1.97 bits per heavy atom. The van der Waals surface area contributed by atoms with Crippen molar-refractivity contribution >= 4 is 11.9 Å². The molecule has 2 atom stereocenters. The van der Waals surface area contributed by atoms with E-state index in [1.807, 2.05) is 29.2 Å². The van der Waals surface area contributed by atoms with Crippen molar-refractivity contribution in [1.82, 2.24) is 30.3 Å². The van der Waals surface area contributed by atoms with Crippen LogP contribution < -0.4 is 9.64 Å². The van der Waals surface area contributed by atoms with E-state index in [2.05, 4.69) is 37.1 Å². The first-order valence-electron chi connectivity index (χ1n) is 11.8. The molecule has 194 valence electrons. The molecule has 2 aromatic heterocycles. The molecule has 1 fully saturated rings. The summed E-state index contributed by atoms with van der Waals surface area (Å²) < 4.78 is 37.4. The Hall–Kier alpha value is -3.64. The van der Waals surface area contributed by atoms with E-state index < -0.39 is 24.2 Å². The van der Waals surface area contributed by atoms with Crippen molar-refractivity contribution in [1.29, 1.82) is 0 Å². The highest BCUT2D eigenvalue weighted by molar-refractivity contribution is 5.68. The monoisotopic (exact) mass is 505 g/mol. The number of piperidine rings is 1. The number of aromatic nitrogens is 6. The molecule has 36 heavy (non-hydrogen) atoms. The van der Waals surface area contributed by atoms with Gasteiger partial charge >= 0.3 is 12.4 Å². The first-order chi connectivity index (χ1) is 17.3. The number of carboxylic acid groups (broad SMARTS) is 1.